The number of nitrogens with one attached hydrogen (secondary N) is 1. The molecule has 2 aliphatic carbocycles. The van der Waals surface area contributed by atoms with E-state index in [9.17, 15) is 14.7 Å². The van der Waals surface area contributed by atoms with Crippen molar-refractivity contribution < 1.29 is 19.4 Å². The molecule has 0 bridgehead atoms. The molecule has 2 fully saturated rings. The molecule has 1 aliphatic heterocycles. The van der Waals surface area contributed by atoms with Gasteiger partial charge in [-0.15, -0.1) is 0 Å². The summed E-state index contributed by atoms with van der Waals surface area (Å²) in [6.45, 7) is 8.30. The van der Waals surface area contributed by atoms with Gasteiger partial charge in [0.2, 0.25) is 11.8 Å². The van der Waals surface area contributed by atoms with Gasteiger partial charge in [-0.05, 0) is 66.4 Å². The standard InChI is InChI=1S/C28H42N2O4/c1-18(27(33)30-15-11-20-7-5-6-8-21(20)17-30)22-9-13-28(3)14-10-23(19(2)25(28)26(22)32)29-24(31)12-16-34-4/h5-8,18-19,22-23,25-26,32H,9-17H2,1-4H3,(H,29,31)/t18-,19-,22-,23-,25+,26-,28+/m0/s1. The molecule has 188 valence electrons. The number of aliphatic hydroxyl groups excluding tert-OH is 1. The number of methoxy groups -OCH3 is 1. The number of fused-ring (bicyclic) bond motifs is 2. The fourth-order valence-electron chi connectivity index (χ4n) is 7.13. The quantitative estimate of drug-likeness (QED) is 0.666. The van der Waals surface area contributed by atoms with E-state index >= 15 is 0 Å². The Morgan fingerprint density at radius 1 is 1.24 bits per heavy atom. The summed E-state index contributed by atoms with van der Waals surface area (Å²) in [5.41, 5.74) is 2.62. The number of carbonyl (C=O) groups is 2. The third-order valence-electron chi connectivity index (χ3n) is 9.24. The van der Waals surface area contributed by atoms with Crippen molar-refractivity contribution in [3.8, 4) is 0 Å². The molecule has 2 saturated carbocycles. The van der Waals surface area contributed by atoms with Crippen LogP contribution in [0.15, 0.2) is 24.3 Å². The molecule has 1 aromatic rings. The van der Waals surface area contributed by atoms with Crippen molar-refractivity contribution in [1.29, 1.82) is 0 Å². The Labute approximate surface area is 204 Å². The maximum absolute atomic E-state index is 13.5. The van der Waals surface area contributed by atoms with Crippen LogP contribution in [0.5, 0.6) is 0 Å². The molecule has 0 spiro atoms. The van der Waals surface area contributed by atoms with Crippen molar-refractivity contribution in [3.05, 3.63) is 35.4 Å². The normalized spacial score (nSPS) is 34.0. The Morgan fingerprint density at radius 3 is 2.68 bits per heavy atom. The van der Waals surface area contributed by atoms with Crippen molar-refractivity contribution in [3.63, 3.8) is 0 Å². The molecule has 2 amide bonds. The van der Waals surface area contributed by atoms with Gasteiger partial charge in [0.05, 0.1) is 12.7 Å². The smallest absolute Gasteiger partial charge is 0.226 e. The van der Waals surface area contributed by atoms with Gasteiger partial charge in [0.25, 0.3) is 0 Å². The van der Waals surface area contributed by atoms with E-state index in [4.69, 9.17) is 4.74 Å². The number of benzene rings is 1. The zero-order chi connectivity index (χ0) is 24.5. The fraction of sp³-hybridized carbons (Fsp3) is 0.714. The van der Waals surface area contributed by atoms with Crippen LogP contribution >= 0.6 is 0 Å². The highest BCUT2D eigenvalue weighted by molar-refractivity contribution is 5.79. The lowest BCUT2D eigenvalue weighted by atomic mass is 9.51. The van der Waals surface area contributed by atoms with Crippen molar-refractivity contribution in [2.45, 2.75) is 78.0 Å². The van der Waals surface area contributed by atoms with Crippen LogP contribution < -0.4 is 5.32 Å². The monoisotopic (exact) mass is 470 g/mol. The van der Waals surface area contributed by atoms with E-state index in [2.05, 4.69) is 37.4 Å². The van der Waals surface area contributed by atoms with Gasteiger partial charge >= 0.3 is 0 Å². The topological polar surface area (TPSA) is 78.9 Å². The first-order valence-electron chi connectivity index (χ1n) is 13.1. The molecule has 7 atom stereocenters. The lowest BCUT2D eigenvalue weighted by Crippen LogP contribution is -2.58. The first kappa shape index (κ1) is 25.2. The van der Waals surface area contributed by atoms with Crippen LogP contribution in [-0.4, -0.2) is 54.2 Å². The number of hydrogen-bond donors (Lipinski definition) is 2. The minimum absolute atomic E-state index is 0.0121. The highest BCUT2D eigenvalue weighted by atomic mass is 16.5. The Hall–Kier alpha value is -1.92. The van der Waals surface area contributed by atoms with E-state index in [0.717, 1.165) is 38.6 Å². The van der Waals surface area contributed by atoms with E-state index in [1.54, 1.807) is 7.11 Å². The first-order chi connectivity index (χ1) is 16.2. The Morgan fingerprint density at radius 2 is 1.94 bits per heavy atom. The van der Waals surface area contributed by atoms with Gasteiger partial charge in [-0.2, -0.15) is 0 Å². The summed E-state index contributed by atoms with van der Waals surface area (Å²) in [7, 11) is 1.60. The van der Waals surface area contributed by atoms with Crippen LogP contribution in [0.3, 0.4) is 0 Å². The molecule has 3 aliphatic rings. The SMILES string of the molecule is COCCC(=O)N[C@H]1CC[C@@]2(C)CC[C@@H]([C@H](C)C(=O)N3CCc4ccccc4C3)[C@H](O)[C@H]2[C@H]1C. The number of aliphatic hydroxyl groups is 1. The molecule has 0 aromatic heterocycles. The molecule has 0 unspecified atom stereocenters. The second-order valence-corrected chi connectivity index (χ2v) is 11.3. The fourth-order valence-corrected chi connectivity index (χ4v) is 7.13. The predicted octanol–water partition coefficient (Wildman–Crippen LogP) is 3.55. The van der Waals surface area contributed by atoms with Crippen molar-refractivity contribution >= 4 is 11.8 Å². The molecule has 1 heterocycles. The van der Waals surface area contributed by atoms with E-state index < -0.39 is 6.10 Å². The summed E-state index contributed by atoms with van der Waals surface area (Å²) < 4.78 is 5.04. The number of amides is 2. The zero-order valence-electron chi connectivity index (χ0n) is 21.3. The largest absolute Gasteiger partial charge is 0.392 e. The van der Waals surface area contributed by atoms with Crippen LogP contribution in [0, 0.1) is 29.1 Å². The zero-order valence-corrected chi connectivity index (χ0v) is 21.3. The molecule has 2 N–H and O–H groups in total. The maximum atomic E-state index is 13.5. The molecular weight excluding hydrogens is 428 g/mol. The van der Waals surface area contributed by atoms with Crippen LogP contribution in [-0.2, 0) is 27.3 Å². The summed E-state index contributed by atoms with van der Waals surface area (Å²) >= 11 is 0. The van der Waals surface area contributed by atoms with E-state index in [-0.39, 0.29) is 46.9 Å². The van der Waals surface area contributed by atoms with Gasteiger partial charge < -0.3 is 20.1 Å². The Balaban J connectivity index is 1.44. The number of nitrogens with zero attached hydrogens (tertiary/aromatic N) is 1. The van der Waals surface area contributed by atoms with Crippen molar-refractivity contribution in [2.75, 3.05) is 20.3 Å². The third kappa shape index (κ3) is 4.90. The molecule has 1 aromatic carbocycles. The number of carbonyl (C=O) groups excluding carboxylic acids is 2. The van der Waals surface area contributed by atoms with Gasteiger partial charge in [0.15, 0.2) is 0 Å². The summed E-state index contributed by atoms with van der Waals surface area (Å²) in [6, 6.07) is 8.43. The number of rotatable bonds is 6. The summed E-state index contributed by atoms with van der Waals surface area (Å²) in [6.07, 6.45) is 4.54. The number of ether oxygens (including phenoxy) is 1. The average Bonchev–Trinajstić information content (AvgIpc) is 2.83. The third-order valence-corrected chi connectivity index (χ3v) is 9.24. The Kier molecular flexibility index (Phi) is 7.68. The molecule has 0 radical (unpaired) electrons. The number of hydrogen-bond acceptors (Lipinski definition) is 4. The van der Waals surface area contributed by atoms with Crippen LogP contribution in [0.1, 0.15) is 64.0 Å². The average molecular weight is 471 g/mol. The van der Waals surface area contributed by atoms with E-state index in [0.29, 0.717) is 19.6 Å². The van der Waals surface area contributed by atoms with Crippen LogP contribution in [0.4, 0.5) is 0 Å². The van der Waals surface area contributed by atoms with E-state index in [1.807, 2.05) is 17.9 Å². The summed E-state index contributed by atoms with van der Waals surface area (Å²) in [4.78, 5) is 27.9. The molecule has 0 saturated heterocycles. The lowest BCUT2D eigenvalue weighted by Gasteiger charge is -2.56. The second kappa shape index (κ2) is 10.4. The maximum Gasteiger partial charge on any atom is 0.226 e. The minimum atomic E-state index is -0.538. The van der Waals surface area contributed by atoms with Gasteiger partial charge in [-0.1, -0.05) is 45.0 Å². The van der Waals surface area contributed by atoms with Gasteiger partial charge in [-0.3, -0.25) is 9.59 Å². The minimum Gasteiger partial charge on any atom is -0.392 e. The molecule has 6 nitrogen and oxygen atoms in total. The van der Waals surface area contributed by atoms with Crippen molar-refractivity contribution in [1.82, 2.24) is 10.2 Å². The summed E-state index contributed by atoms with van der Waals surface area (Å²) in [5, 5.41) is 14.9. The van der Waals surface area contributed by atoms with Gasteiger partial charge in [0, 0.05) is 38.6 Å². The summed E-state index contributed by atoms with van der Waals surface area (Å²) in [5.74, 6) is 0.146. The van der Waals surface area contributed by atoms with Gasteiger partial charge in [0.1, 0.15) is 0 Å². The molecule has 4 rings (SSSR count). The second-order valence-electron chi connectivity index (χ2n) is 11.3. The Bertz CT molecular complexity index is 889. The highest BCUT2D eigenvalue weighted by Crippen LogP contribution is 2.55. The molecule has 6 heteroatoms. The van der Waals surface area contributed by atoms with Crippen LogP contribution in [0.2, 0.25) is 0 Å². The lowest BCUT2D eigenvalue weighted by molar-refractivity contribution is -0.151. The van der Waals surface area contributed by atoms with E-state index in [1.165, 1.54) is 11.1 Å². The first-order valence-corrected chi connectivity index (χ1v) is 13.1. The van der Waals surface area contributed by atoms with Crippen molar-refractivity contribution in [2.24, 2.45) is 29.1 Å². The molecular formula is C28H42N2O4. The predicted molar refractivity (Wildman–Crippen MR) is 132 cm³/mol. The van der Waals surface area contributed by atoms with Gasteiger partial charge in [-0.25, -0.2) is 0 Å². The highest BCUT2D eigenvalue weighted by Gasteiger charge is 2.54. The molecule has 34 heavy (non-hydrogen) atoms. The van der Waals surface area contributed by atoms with Crippen LogP contribution in [0.25, 0.3) is 0 Å².